The van der Waals surface area contributed by atoms with Crippen LogP contribution in [-0.4, -0.2) is 50.1 Å². The number of benzene rings is 1. The zero-order valence-electron chi connectivity index (χ0n) is 16.4. The molecule has 8 nitrogen and oxygen atoms in total. The molecule has 0 bridgehead atoms. The molecule has 1 N–H and O–H groups in total. The van der Waals surface area contributed by atoms with Crippen molar-refractivity contribution in [3.8, 4) is 5.75 Å². The van der Waals surface area contributed by atoms with Gasteiger partial charge in [0.1, 0.15) is 17.0 Å². The van der Waals surface area contributed by atoms with Gasteiger partial charge in [-0.2, -0.15) is 0 Å². The van der Waals surface area contributed by atoms with Crippen LogP contribution in [0, 0.1) is 0 Å². The van der Waals surface area contributed by atoms with E-state index in [1.165, 1.54) is 56.2 Å². The average Bonchev–Trinajstić information content (AvgIpc) is 2.95. The lowest BCUT2D eigenvalue weighted by atomic mass is 10.1. The number of nitrogens with zero attached hydrogens (tertiary/aromatic N) is 1. The Morgan fingerprint density at radius 1 is 1.07 bits per heavy atom. The molecule has 1 heterocycles. The van der Waals surface area contributed by atoms with Crippen molar-refractivity contribution in [2.24, 2.45) is 0 Å². The van der Waals surface area contributed by atoms with Crippen molar-refractivity contribution in [1.29, 1.82) is 0 Å². The number of carboxylic acids is 1. The Bertz CT molecular complexity index is 918. The van der Waals surface area contributed by atoms with Crippen LogP contribution in [0.4, 0.5) is 5.69 Å². The first kappa shape index (κ1) is 22.1. The Morgan fingerprint density at radius 2 is 1.76 bits per heavy atom. The number of thioether (sulfide) groups is 1. The van der Waals surface area contributed by atoms with E-state index in [2.05, 4.69) is 0 Å². The van der Waals surface area contributed by atoms with E-state index in [-0.39, 0.29) is 22.6 Å². The molecule has 29 heavy (non-hydrogen) atoms. The van der Waals surface area contributed by atoms with Crippen molar-refractivity contribution in [2.75, 3.05) is 32.0 Å². The molecule has 0 spiro atoms. The fraction of sp³-hybridized carbons (Fsp3) is 0.250. The van der Waals surface area contributed by atoms with Crippen molar-refractivity contribution in [3.63, 3.8) is 0 Å². The van der Waals surface area contributed by atoms with Gasteiger partial charge in [-0.3, -0.25) is 0 Å². The van der Waals surface area contributed by atoms with Crippen LogP contribution in [0.25, 0.3) is 0 Å². The molecule has 9 heteroatoms. The fourth-order valence-electron chi connectivity index (χ4n) is 2.70. The van der Waals surface area contributed by atoms with Gasteiger partial charge in [-0.1, -0.05) is 13.0 Å². The number of hydrogen-bond acceptors (Lipinski definition) is 8. The molecule has 0 aromatic heterocycles. The van der Waals surface area contributed by atoms with Crippen LogP contribution in [0.1, 0.15) is 17.3 Å². The molecule has 0 fully saturated rings. The van der Waals surface area contributed by atoms with E-state index in [0.717, 1.165) is 0 Å². The number of anilines is 1. The van der Waals surface area contributed by atoms with Gasteiger partial charge >= 0.3 is 17.9 Å². The van der Waals surface area contributed by atoms with Crippen LogP contribution in [0.3, 0.4) is 0 Å². The number of carboxylic acid groups (broad SMARTS) is 1. The summed E-state index contributed by atoms with van der Waals surface area (Å²) in [4.78, 5) is 38.6. The maximum atomic E-state index is 12.6. The van der Waals surface area contributed by atoms with Crippen LogP contribution in [0.5, 0.6) is 5.75 Å². The lowest BCUT2D eigenvalue weighted by Crippen LogP contribution is -2.27. The van der Waals surface area contributed by atoms with Crippen LogP contribution < -0.4 is 9.64 Å². The largest absolute Gasteiger partial charge is 0.496 e. The molecular formula is C20H21NO7S. The van der Waals surface area contributed by atoms with E-state index >= 15 is 0 Å². The summed E-state index contributed by atoms with van der Waals surface area (Å²) >= 11 is 1.38. The summed E-state index contributed by atoms with van der Waals surface area (Å²) in [6.45, 7) is 1.91. The van der Waals surface area contributed by atoms with E-state index in [9.17, 15) is 19.5 Å². The smallest absolute Gasteiger partial charge is 0.355 e. The van der Waals surface area contributed by atoms with E-state index < -0.39 is 17.9 Å². The fourth-order valence-corrected chi connectivity index (χ4v) is 3.51. The van der Waals surface area contributed by atoms with Gasteiger partial charge in [-0.25, -0.2) is 14.4 Å². The van der Waals surface area contributed by atoms with Crippen molar-refractivity contribution >= 4 is 35.4 Å². The Morgan fingerprint density at radius 3 is 2.31 bits per heavy atom. The van der Waals surface area contributed by atoms with Gasteiger partial charge in [0.05, 0.1) is 32.6 Å². The molecule has 1 aliphatic heterocycles. The second kappa shape index (κ2) is 9.83. The summed E-state index contributed by atoms with van der Waals surface area (Å²) in [6, 6.07) is 2.98. The molecule has 0 amide bonds. The average molecular weight is 419 g/mol. The number of aromatic carboxylic acids is 1. The molecule has 1 aromatic rings. The van der Waals surface area contributed by atoms with Crippen LogP contribution >= 0.6 is 11.8 Å². The lowest BCUT2D eigenvalue weighted by molar-refractivity contribution is -0.139. The molecule has 0 atom stereocenters. The number of carbonyl (C=O) groups excluding carboxylic acids is 2. The molecule has 2 rings (SSSR count). The third-order valence-corrected chi connectivity index (χ3v) is 4.89. The van der Waals surface area contributed by atoms with Gasteiger partial charge in [0.15, 0.2) is 0 Å². The number of esters is 2. The van der Waals surface area contributed by atoms with Gasteiger partial charge in [0, 0.05) is 17.2 Å². The van der Waals surface area contributed by atoms with Gasteiger partial charge in [-0.05, 0) is 24.0 Å². The standard InChI is InChI=1S/C20H21NO7S/c1-5-29-16-10-13(18(22)23)15(26-2)11-14(16)21-9-7-6-8-12(19(24)27-3)17(21)20(25)28-4/h6-11H,5H2,1-4H3,(H,22,23). The maximum absolute atomic E-state index is 12.6. The Balaban J connectivity index is 2.82. The number of rotatable bonds is 7. The van der Waals surface area contributed by atoms with Gasteiger partial charge < -0.3 is 24.2 Å². The molecule has 0 unspecified atom stereocenters. The summed E-state index contributed by atoms with van der Waals surface area (Å²) in [6.07, 6.45) is 6.25. The number of carbonyl (C=O) groups is 3. The van der Waals surface area contributed by atoms with E-state index in [1.54, 1.807) is 18.4 Å². The highest BCUT2D eigenvalue weighted by molar-refractivity contribution is 7.99. The lowest BCUT2D eigenvalue weighted by Gasteiger charge is -2.26. The number of ether oxygens (including phenoxy) is 3. The first-order chi connectivity index (χ1) is 13.9. The first-order valence-corrected chi connectivity index (χ1v) is 9.51. The summed E-state index contributed by atoms with van der Waals surface area (Å²) in [5.41, 5.74) is 0.381. The number of methoxy groups -OCH3 is 3. The Labute approximate surface area is 172 Å². The molecule has 0 radical (unpaired) electrons. The molecule has 0 aliphatic carbocycles. The second-order valence-electron chi connectivity index (χ2n) is 5.57. The van der Waals surface area contributed by atoms with E-state index in [4.69, 9.17) is 14.2 Å². The summed E-state index contributed by atoms with van der Waals surface area (Å²) < 4.78 is 14.9. The van der Waals surface area contributed by atoms with Crippen molar-refractivity contribution in [1.82, 2.24) is 0 Å². The minimum atomic E-state index is -1.14. The summed E-state index contributed by atoms with van der Waals surface area (Å²) in [5.74, 6) is -1.85. The van der Waals surface area contributed by atoms with Crippen molar-refractivity contribution in [2.45, 2.75) is 11.8 Å². The maximum Gasteiger partial charge on any atom is 0.355 e. The molecule has 1 aromatic carbocycles. The van der Waals surface area contributed by atoms with Gasteiger partial charge in [0.2, 0.25) is 0 Å². The highest BCUT2D eigenvalue weighted by Gasteiger charge is 2.30. The normalized spacial score (nSPS) is 13.2. The Kier molecular flexibility index (Phi) is 7.49. The number of hydrogen-bond donors (Lipinski definition) is 1. The first-order valence-electron chi connectivity index (χ1n) is 8.52. The zero-order valence-corrected chi connectivity index (χ0v) is 17.2. The SMILES string of the molecule is CCSc1cc(C(=O)O)c(OC)cc1N1C=CC=CC(C(=O)OC)=C1C(=O)OC. The van der Waals surface area contributed by atoms with Crippen molar-refractivity contribution in [3.05, 3.63) is 53.4 Å². The third kappa shape index (κ3) is 4.62. The predicted molar refractivity (Wildman–Crippen MR) is 108 cm³/mol. The topological polar surface area (TPSA) is 102 Å². The minimum Gasteiger partial charge on any atom is -0.496 e. The third-order valence-electron chi connectivity index (χ3n) is 3.96. The Hall–Kier alpha value is -3.20. The highest BCUT2D eigenvalue weighted by atomic mass is 32.2. The van der Waals surface area contributed by atoms with Crippen LogP contribution in [-0.2, 0) is 19.1 Å². The monoisotopic (exact) mass is 419 g/mol. The molecular weight excluding hydrogens is 398 g/mol. The summed E-state index contributed by atoms with van der Waals surface area (Å²) in [5, 5.41) is 9.49. The zero-order chi connectivity index (χ0) is 21.6. The molecule has 0 saturated carbocycles. The highest BCUT2D eigenvalue weighted by Crippen LogP contribution is 2.39. The van der Waals surface area contributed by atoms with E-state index in [1.807, 2.05) is 6.92 Å². The minimum absolute atomic E-state index is 0.00178. The molecule has 0 saturated heterocycles. The number of allylic oxidation sites excluding steroid dienone is 2. The molecule has 154 valence electrons. The second-order valence-corrected chi connectivity index (χ2v) is 6.88. The molecule has 1 aliphatic rings. The van der Waals surface area contributed by atoms with Crippen molar-refractivity contribution < 1.29 is 33.7 Å². The van der Waals surface area contributed by atoms with Gasteiger partial charge in [-0.15, -0.1) is 11.8 Å². The summed E-state index contributed by atoms with van der Waals surface area (Å²) in [7, 11) is 3.77. The van der Waals surface area contributed by atoms with Crippen LogP contribution in [0.15, 0.2) is 52.7 Å². The van der Waals surface area contributed by atoms with Crippen LogP contribution in [0.2, 0.25) is 0 Å². The quantitative estimate of drug-likeness (QED) is 0.528. The van der Waals surface area contributed by atoms with E-state index in [0.29, 0.717) is 16.3 Å². The van der Waals surface area contributed by atoms with Gasteiger partial charge in [0.25, 0.3) is 0 Å². The predicted octanol–water partition coefficient (Wildman–Crippen LogP) is 3.00.